The molecule has 1 aliphatic carbocycles. The summed E-state index contributed by atoms with van der Waals surface area (Å²) in [5.41, 5.74) is 3.89. The van der Waals surface area contributed by atoms with Crippen LogP contribution in [0.15, 0.2) is 30.5 Å². The van der Waals surface area contributed by atoms with Crippen LogP contribution in [0.25, 0.3) is 0 Å². The average Bonchev–Trinajstić information content (AvgIpc) is 2.81. The largest absolute Gasteiger partial charge is 0.337 e. The van der Waals surface area contributed by atoms with Gasteiger partial charge < -0.3 is 4.90 Å². The zero-order valence-electron chi connectivity index (χ0n) is 19.8. The van der Waals surface area contributed by atoms with Gasteiger partial charge in [0.2, 0.25) is 0 Å². The minimum Gasteiger partial charge on any atom is -0.337 e. The third kappa shape index (κ3) is 4.37. The predicted octanol–water partition coefficient (Wildman–Crippen LogP) is 3.88. The number of rotatable bonds is 2. The number of aryl methyl sites for hydroxylation is 2. The zero-order valence-corrected chi connectivity index (χ0v) is 19.8. The molecule has 1 saturated heterocycles. The van der Waals surface area contributed by atoms with Gasteiger partial charge in [-0.15, -0.1) is 5.92 Å². The second-order valence-electron chi connectivity index (χ2n) is 9.45. The fourth-order valence-electron chi connectivity index (χ4n) is 5.44. The molecule has 1 saturated carbocycles. The molecule has 2 aromatic rings. The van der Waals surface area contributed by atoms with Crippen LogP contribution in [0.1, 0.15) is 76.8 Å². The molecule has 172 valence electrons. The van der Waals surface area contributed by atoms with E-state index in [0.717, 1.165) is 22.3 Å². The number of carbonyl (C=O) groups excluding carboxylic acids is 3. The Morgan fingerprint density at radius 3 is 2.18 bits per heavy atom. The van der Waals surface area contributed by atoms with Gasteiger partial charge in [0.25, 0.3) is 5.91 Å². The highest BCUT2D eigenvalue weighted by molar-refractivity contribution is 6.10. The van der Waals surface area contributed by atoms with Crippen LogP contribution in [-0.2, 0) is 9.59 Å². The van der Waals surface area contributed by atoms with Crippen molar-refractivity contribution in [2.75, 3.05) is 13.1 Å². The molecule has 0 bridgehead atoms. The normalized spacial score (nSPS) is 17.8. The van der Waals surface area contributed by atoms with Gasteiger partial charge in [0.05, 0.1) is 5.56 Å². The number of nitriles is 1. The molecule has 1 spiro atoms. The van der Waals surface area contributed by atoms with Crippen LogP contribution in [0, 0.1) is 42.4 Å². The van der Waals surface area contributed by atoms with Crippen molar-refractivity contribution in [3.8, 4) is 17.9 Å². The summed E-state index contributed by atoms with van der Waals surface area (Å²) < 4.78 is 0. The van der Waals surface area contributed by atoms with E-state index in [9.17, 15) is 14.4 Å². The molecule has 1 amide bonds. The van der Waals surface area contributed by atoms with Crippen LogP contribution < -0.4 is 0 Å². The van der Waals surface area contributed by atoms with Gasteiger partial charge in [-0.2, -0.15) is 5.26 Å². The van der Waals surface area contributed by atoms with E-state index >= 15 is 0 Å². The van der Waals surface area contributed by atoms with Crippen LogP contribution in [0.4, 0.5) is 0 Å². The summed E-state index contributed by atoms with van der Waals surface area (Å²) in [6, 6.07) is 9.03. The molecule has 0 unspecified atom stereocenters. The van der Waals surface area contributed by atoms with E-state index in [2.05, 4.69) is 16.8 Å². The van der Waals surface area contributed by atoms with Crippen molar-refractivity contribution < 1.29 is 14.4 Å². The first-order valence-electron chi connectivity index (χ1n) is 11.5. The molecule has 1 aromatic heterocycles. The topological polar surface area (TPSA) is 91.1 Å². The van der Waals surface area contributed by atoms with E-state index < -0.39 is 5.92 Å². The van der Waals surface area contributed by atoms with Crippen LogP contribution in [0.3, 0.4) is 0 Å². The Morgan fingerprint density at radius 2 is 1.68 bits per heavy atom. The van der Waals surface area contributed by atoms with Gasteiger partial charge in [-0.3, -0.25) is 14.4 Å². The van der Waals surface area contributed by atoms with E-state index in [1.807, 2.05) is 32.0 Å². The molecule has 0 radical (unpaired) electrons. The minimum atomic E-state index is -0.711. The maximum absolute atomic E-state index is 13.3. The van der Waals surface area contributed by atoms with Gasteiger partial charge in [-0.1, -0.05) is 5.92 Å². The molecule has 0 N–H and O–H groups in total. The monoisotopic (exact) mass is 453 g/mol. The summed E-state index contributed by atoms with van der Waals surface area (Å²) in [4.78, 5) is 45.3. The van der Waals surface area contributed by atoms with E-state index in [1.54, 1.807) is 24.0 Å². The first-order valence-corrected chi connectivity index (χ1v) is 11.5. The number of benzene rings is 1. The fraction of sp³-hybridized carbons (Fsp3) is 0.393. The van der Waals surface area contributed by atoms with Crippen molar-refractivity contribution in [1.29, 1.82) is 5.26 Å². The van der Waals surface area contributed by atoms with Crippen LogP contribution >= 0.6 is 0 Å². The van der Waals surface area contributed by atoms with E-state index in [1.165, 1.54) is 6.20 Å². The van der Waals surface area contributed by atoms with Crippen molar-refractivity contribution >= 4 is 17.5 Å². The molecule has 1 aromatic carbocycles. The van der Waals surface area contributed by atoms with E-state index in [4.69, 9.17) is 5.26 Å². The third-order valence-corrected chi connectivity index (χ3v) is 7.12. The summed E-state index contributed by atoms with van der Waals surface area (Å²) >= 11 is 0. The number of nitrogens with zero attached hydrogens (tertiary/aromatic N) is 3. The Balaban J connectivity index is 1.47. The molecular weight excluding hydrogens is 426 g/mol. The Kier molecular flexibility index (Phi) is 6.35. The summed E-state index contributed by atoms with van der Waals surface area (Å²) in [5, 5.41) is 8.91. The highest BCUT2D eigenvalue weighted by atomic mass is 16.2. The number of likely N-dealkylation sites (tertiary alicyclic amines) is 1. The van der Waals surface area contributed by atoms with Crippen LogP contribution in [0.2, 0.25) is 0 Å². The number of piperidine rings is 1. The lowest BCUT2D eigenvalue weighted by molar-refractivity contribution is -0.138. The molecule has 2 aliphatic rings. The lowest BCUT2D eigenvalue weighted by atomic mass is 9.62. The lowest BCUT2D eigenvalue weighted by Crippen LogP contribution is -2.48. The number of hydrogen-bond donors (Lipinski definition) is 0. The lowest BCUT2D eigenvalue weighted by Gasteiger charge is -2.44. The molecule has 4 rings (SSSR count). The fourth-order valence-corrected chi connectivity index (χ4v) is 5.44. The highest BCUT2D eigenvalue weighted by Crippen LogP contribution is 2.46. The Labute approximate surface area is 200 Å². The first-order chi connectivity index (χ1) is 16.3. The van der Waals surface area contributed by atoms with Gasteiger partial charge in [0, 0.05) is 37.7 Å². The minimum absolute atomic E-state index is 0.0229. The number of pyridine rings is 1. The second kappa shape index (κ2) is 9.23. The van der Waals surface area contributed by atoms with Crippen molar-refractivity contribution in [2.45, 2.75) is 52.4 Å². The molecule has 6 heteroatoms. The number of ketones is 2. The summed E-state index contributed by atoms with van der Waals surface area (Å²) in [6.07, 6.45) is 3.33. The molecule has 34 heavy (non-hydrogen) atoms. The SMILES string of the molecule is CC#Cc1cc(C)c(C2C(=O)CC3(CCN(C(=O)c4ccc(C#N)cn4)CC3)CC2=O)c(C)c1. The van der Waals surface area contributed by atoms with Crippen LogP contribution in [-0.4, -0.2) is 40.4 Å². The van der Waals surface area contributed by atoms with E-state index in [-0.39, 0.29) is 22.9 Å². The summed E-state index contributed by atoms with van der Waals surface area (Å²) in [7, 11) is 0. The van der Waals surface area contributed by atoms with Gasteiger partial charge in [-0.05, 0) is 80.0 Å². The maximum Gasteiger partial charge on any atom is 0.272 e. The Hall–Kier alpha value is -3.77. The molecule has 2 fully saturated rings. The maximum atomic E-state index is 13.3. The molecule has 0 atom stereocenters. The summed E-state index contributed by atoms with van der Waals surface area (Å²) in [6.45, 7) is 6.62. The average molecular weight is 454 g/mol. The van der Waals surface area contributed by atoms with Crippen molar-refractivity contribution in [1.82, 2.24) is 9.88 Å². The first kappa shape index (κ1) is 23.4. The van der Waals surface area contributed by atoms with Gasteiger partial charge in [0.1, 0.15) is 29.2 Å². The molecular formula is C28H27N3O3. The number of carbonyl (C=O) groups is 3. The Bertz CT molecular complexity index is 1220. The predicted molar refractivity (Wildman–Crippen MR) is 127 cm³/mol. The Morgan fingerprint density at radius 1 is 1.06 bits per heavy atom. The second-order valence-corrected chi connectivity index (χ2v) is 9.45. The molecule has 2 heterocycles. The number of amides is 1. The molecule has 6 nitrogen and oxygen atoms in total. The third-order valence-electron chi connectivity index (χ3n) is 7.12. The van der Waals surface area contributed by atoms with Gasteiger partial charge >= 0.3 is 0 Å². The van der Waals surface area contributed by atoms with Gasteiger partial charge in [-0.25, -0.2) is 4.98 Å². The smallest absolute Gasteiger partial charge is 0.272 e. The highest BCUT2D eigenvalue weighted by Gasteiger charge is 2.47. The zero-order chi connectivity index (χ0) is 24.5. The van der Waals surface area contributed by atoms with Crippen molar-refractivity contribution in [3.63, 3.8) is 0 Å². The van der Waals surface area contributed by atoms with Crippen molar-refractivity contribution in [3.05, 3.63) is 64.0 Å². The van der Waals surface area contributed by atoms with E-state index in [0.29, 0.717) is 50.0 Å². The standard InChI is InChI=1S/C28H27N3O3/c1-4-5-20-12-18(2)25(19(3)13-20)26-23(32)14-28(15-24(26)33)8-10-31(11-9-28)27(34)22-7-6-21(16-29)17-30-22/h6-7,12-13,17,26H,8-11,14-15H2,1-3H3. The van der Waals surface area contributed by atoms with Crippen molar-refractivity contribution in [2.24, 2.45) is 5.41 Å². The van der Waals surface area contributed by atoms with Gasteiger partial charge in [0.15, 0.2) is 0 Å². The number of aromatic nitrogens is 1. The van der Waals surface area contributed by atoms with Crippen LogP contribution in [0.5, 0.6) is 0 Å². The molecule has 1 aliphatic heterocycles. The quantitative estimate of drug-likeness (QED) is 0.508. The summed E-state index contributed by atoms with van der Waals surface area (Å²) in [5.74, 6) is 5.00. The number of hydrogen-bond acceptors (Lipinski definition) is 5. The number of Topliss-reactive ketones (excluding diaryl/α,β-unsaturated/α-hetero) is 2.